The highest BCUT2D eigenvalue weighted by molar-refractivity contribution is 7.08. The zero-order chi connectivity index (χ0) is 14.8. The molecular weight excluding hydrogens is 282 g/mol. The minimum atomic E-state index is -0.164. The Bertz CT molecular complexity index is 720. The highest BCUT2D eigenvalue weighted by Crippen LogP contribution is 2.30. The fourth-order valence-corrected chi connectivity index (χ4v) is 3.06. The number of aryl methyl sites for hydroxylation is 1. The maximum atomic E-state index is 6.30. The zero-order valence-corrected chi connectivity index (χ0v) is 12.8. The molecule has 0 saturated carbocycles. The fourth-order valence-electron chi connectivity index (χ4n) is 2.24. The van der Waals surface area contributed by atoms with Gasteiger partial charge in [-0.3, -0.25) is 0 Å². The van der Waals surface area contributed by atoms with Crippen molar-refractivity contribution in [2.24, 2.45) is 5.73 Å². The van der Waals surface area contributed by atoms with E-state index in [1.54, 1.807) is 11.3 Å². The van der Waals surface area contributed by atoms with Crippen molar-refractivity contribution in [1.29, 1.82) is 0 Å². The molecule has 3 aromatic rings. The van der Waals surface area contributed by atoms with Gasteiger partial charge in [-0.25, -0.2) is 0 Å². The van der Waals surface area contributed by atoms with Crippen molar-refractivity contribution in [2.45, 2.75) is 25.8 Å². The van der Waals surface area contributed by atoms with Crippen LogP contribution in [0.2, 0.25) is 0 Å². The topological polar surface area (TPSA) is 64.9 Å². The monoisotopic (exact) mass is 299 g/mol. The summed E-state index contributed by atoms with van der Waals surface area (Å²) in [7, 11) is 0. The summed E-state index contributed by atoms with van der Waals surface area (Å²) in [5.74, 6) is 1.18. The number of hydrogen-bond acceptors (Lipinski definition) is 5. The van der Waals surface area contributed by atoms with Crippen molar-refractivity contribution in [3.63, 3.8) is 0 Å². The average Bonchev–Trinajstić information content (AvgIpc) is 3.15. The second-order valence-corrected chi connectivity index (χ2v) is 5.89. The first-order valence-electron chi connectivity index (χ1n) is 6.84. The van der Waals surface area contributed by atoms with Gasteiger partial charge in [-0.15, -0.1) is 0 Å². The van der Waals surface area contributed by atoms with E-state index in [1.165, 1.54) is 0 Å². The van der Waals surface area contributed by atoms with Crippen LogP contribution in [0.5, 0.6) is 0 Å². The molecule has 1 aromatic carbocycles. The highest BCUT2D eigenvalue weighted by atomic mass is 32.1. The van der Waals surface area contributed by atoms with Crippen LogP contribution in [0.3, 0.4) is 0 Å². The van der Waals surface area contributed by atoms with Crippen LogP contribution >= 0.6 is 11.3 Å². The summed E-state index contributed by atoms with van der Waals surface area (Å²) in [5, 5.41) is 8.19. The van der Waals surface area contributed by atoms with Crippen molar-refractivity contribution in [1.82, 2.24) is 10.1 Å². The standard InChI is InChI=1S/C16H17N3OS/c1-10-8-21-9-13(10)15-18-16(20-19-15)11(2)14(17)12-6-4-3-5-7-12/h3-9,11,14H,17H2,1-2H3. The molecule has 0 spiro atoms. The Hall–Kier alpha value is -1.98. The van der Waals surface area contributed by atoms with E-state index in [1.807, 2.05) is 49.6 Å². The van der Waals surface area contributed by atoms with E-state index in [0.717, 1.165) is 16.7 Å². The molecule has 0 aliphatic rings. The maximum Gasteiger partial charge on any atom is 0.231 e. The Morgan fingerprint density at radius 1 is 1.19 bits per heavy atom. The first-order chi connectivity index (χ1) is 10.2. The zero-order valence-electron chi connectivity index (χ0n) is 12.0. The third-order valence-electron chi connectivity index (χ3n) is 3.65. The third-order valence-corrected chi connectivity index (χ3v) is 4.51. The lowest BCUT2D eigenvalue weighted by atomic mass is 9.95. The molecule has 0 saturated heterocycles. The van der Waals surface area contributed by atoms with E-state index in [9.17, 15) is 0 Å². The van der Waals surface area contributed by atoms with Gasteiger partial charge in [0.15, 0.2) is 0 Å². The number of hydrogen-bond donors (Lipinski definition) is 1. The lowest BCUT2D eigenvalue weighted by molar-refractivity contribution is 0.344. The number of benzene rings is 1. The minimum Gasteiger partial charge on any atom is -0.339 e. The highest BCUT2D eigenvalue weighted by Gasteiger charge is 2.23. The quantitative estimate of drug-likeness (QED) is 0.793. The Balaban J connectivity index is 1.85. The molecule has 3 rings (SSSR count). The van der Waals surface area contributed by atoms with Gasteiger partial charge in [-0.2, -0.15) is 16.3 Å². The van der Waals surface area contributed by atoms with Crippen molar-refractivity contribution in [3.05, 3.63) is 58.1 Å². The number of nitrogens with two attached hydrogens (primary N) is 1. The second-order valence-electron chi connectivity index (χ2n) is 5.15. The molecule has 0 bridgehead atoms. The molecule has 21 heavy (non-hydrogen) atoms. The number of nitrogens with zero attached hydrogens (tertiary/aromatic N) is 2. The van der Waals surface area contributed by atoms with Gasteiger partial charge >= 0.3 is 0 Å². The van der Waals surface area contributed by atoms with Gasteiger partial charge < -0.3 is 10.3 Å². The van der Waals surface area contributed by atoms with E-state index in [2.05, 4.69) is 15.5 Å². The molecular formula is C16H17N3OS. The molecule has 0 radical (unpaired) electrons. The van der Waals surface area contributed by atoms with Gasteiger partial charge in [0, 0.05) is 17.0 Å². The average molecular weight is 299 g/mol. The molecule has 2 heterocycles. The van der Waals surface area contributed by atoms with Gasteiger partial charge in [0.05, 0.1) is 5.92 Å². The summed E-state index contributed by atoms with van der Waals surface area (Å²) in [6.07, 6.45) is 0. The van der Waals surface area contributed by atoms with Crippen molar-refractivity contribution >= 4 is 11.3 Å². The molecule has 0 fully saturated rings. The summed E-state index contributed by atoms with van der Waals surface area (Å²) in [4.78, 5) is 4.51. The Kier molecular flexibility index (Phi) is 3.86. The first kappa shape index (κ1) is 14.0. The predicted octanol–water partition coefficient (Wildman–Crippen LogP) is 3.91. The maximum absolute atomic E-state index is 6.30. The van der Waals surface area contributed by atoms with E-state index in [-0.39, 0.29) is 12.0 Å². The first-order valence-corrected chi connectivity index (χ1v) is 7.78. The molecule has 2 aromatic heterocycles. The van der Waals surface area contributed by atoms with Crippen molar-refractivity contribution in [2.75, 3.05) is 0 Å². The summed E-state index contributed by atoms with van der Waals surface area (Å²) in [6.45, 7) is 4.05. The van der Waals surface area contributed by atoms with E-state index < -0.39 is 0 Å². The second kappa shape index (κ2) is 5.79. The van der Waals surface area contributed by atoms with Gasteiger partial charge in [0.25, 0.3) is 0 Å². The van der Waals surface area contributed by atoms with Crippen molar-refractivity contribution < 1.29 is 4.52 Å². The van der Waals surface area contributed by atoms with E-state index in [4.69, 9.17) is 10.3 Å². The van der Waals surface area contributed by atoms with Crippen LogP contribution in [0.25, 0.3) is 11.4 Å². The lowest BCUT2D eigenvalue weighted by Gasteiger charge is -2.16. The number of thiophene rings is 1. The molecule has 4 nitrogen and oxygen atoms in total. The van der Waals surface area contributed by atoms with Gasteiger partial charge in [-0.1, -0.05) is 42.4 Å². The van der Waals surface area contributed by atoms with Crippen LogP contribution in [0.4, 0.5) is 0 Å². The molecule has 0 aliphatic carbocycles. The molecule has 0 aliphatic heterocycles. The van der Waals surface area contributed by atoms with E-state index in [0.29, 0.717) is 11.7 Å². The molecule has 5 heteroatoms. The van der Waals surface area contributed by atoms with Gasteiger partial charge in [0.1, 0.15) is 0 Å². The van der Waals surface area contributed by atoms with E-state index >= 15 is 0 Å². The lowest BCUT2D eigenvalue weighted by Crippen LogP contribution is -2.17. The van der Waals surface area contributed by atoms with Crippen LogP contribution in [-0.2, 0) is 0 Å². The summed E-state index contributed by atoms with van der Waals surface area (Å²) >= 11 is 1.64. The van der Waals surface area contributed by atoms with Crippen molar-refractivity contribution in [3.8, 4) is 11.4 Å². The van der Waals surface area contributed by atoms with Crippen LogP contribution in [0, 0.1) is 6.92 Å². The van der Waals surface area contributed by atoms with Crippen LogP contribution < -0.4 is 5.73 Å². The Morgan fingerprint density at radius 2 is 1.95 bits per heavy atom. The molecule has 2 N–H and O–H groups in total. The van der Waals surface area contributed by atoms with Crippen LogP contribution in [0.15, 0.2) is 45.6 Å². The molecule has 0 amide bonds. The van der Waals surface area contributed by atoms with Gasteiger partial charge in [0.2, 0.25) is 11.7 Å². The summed E-state index contributed by atoms with van der Waals surface area (Å²) in [6, 6.07) is 9.81. The number of aromatic nitrogens is 2. The Labute approximate surface area is 127 Å². The number of rotatable bonds is 4. The summed E-state index contributed by atoms with van der Waals surface area (Å²) < 4.78 is 5.41. The smallest absolute Gasteiger partial charge is 0.231 e. The SMILES string of the molecule is Cc1cscc1-c1noc(C(C)C(N)c2ccccc2)n1. The normalized spacial score (nSPS) is 14.0. The third kappa shape index (κ3) is 2.75. The Morgan fingerprint density at radius 3 is 2.62 bits per heavy atom. The van der Waals surface area contributed by atoms with Crippen LogP contribution in [0.1, 0.15) is 35.9 Å². The molecule has 2 unspecified atom stereocenters. The van der Waals surface area contributed by atoms with Gasteiger partial charge in [-0.05, 0) is 23.4 Å². The largest absolute Gasteiger partial charge is 0.339 e. The molecule has 2 atom stereocenters. The summed E-state index contributed by atoms with van der Waals surface area (Å²) in [5.41, 5.74) is 9.55. The van der Waals surface area contributed by atoms with Crippen LogP contribution in [-0.4, -0.2) is 10.1 Å². The predicted molar refractivity (Wildman–Crippen MR) is 84.1 cm³/mol. The minimum absolute atomic E-state index is 0.0346. The fraction of sp³-hybridized carbons (Fsp3) is 0.250. The molecule has 108 valence electrons.